The smallest absolute Gasteiger partial charge is 0.337 e. The maximum Gasteiger partial charge on any atom is 0.337 e. The summed E-state index contributed by atoms with van der Waals surface area (Å²) in [6.45, 7) is 2.70. The third-order valence-electron chi connectivity index (χ3n) is 3.49. The Morgan fingerprint density at radius 3 is 3.00 bits per heavy atom. The Morgan fingerprint density at radius 1 is 1.55 bits per heavy atom. The summed E-state index contributed by atoms with van der Waals surface area (Å²) in [5.74, 6) is -0.170. The molecule has 1 aromatic rings. The third-order valence-corrected chi connectivity index (χ3v) is 3.86. The number of β-amino-alcohol motifs (C(OH)–C–C–N with tert-alkyl or cyclic N) is 1. The van der Waals surface area contributed by atoms with E-state index in [9.17, 15) is 9.90 Å². The van der Waals surface area contributed by atoms with E-state index in [1.54, 1.807) is 18.2 Å². The first kappa shape index (κ1) is 15.3. The van der Waals surface area contributed by atoms with Gasteiger partial charge in [0.2, 0.25) is 0 Å². The van der Waals surface area contributed by atoms with Gasteiger partial charge in [0.1, 0.15) is 0 Å². The minimum absolute atomic E-state index is 0.206. The Balaban J connectivity index is 1.93. The van der Waals surface area contributed by atoms with Crippen LogP contribution in [0.1, 0.15) is 15.9 Å². The number of carbonyl (C=O) groups excluding carboxylic acids is 1. The van der Waals surface area contributed by atoms with Gasteiger partial charge in [0, 0.05) is 37.1 Å². The summed E-state index contributed by atoms with van der Waals surface area (Å²) in [4.78, 5) is 11.5. The lowest BCUT2D eigenvalue weighted by Crippen LogP contribution is -2.30. The first-order chi connectivity index (χ1) is 9.61. The van der Waals surface area contributed by atoms with E-state index < -0.39 is 0 Å². The molecule has 20 heavy (non-hydrogen) atoms. The monoisotopic (exact) mass is 298 g/mol. The molecule has 0 aliphatic carbocycles. The highest BCUT2D eigenvalue weighted by atomic mass is 35.5. The van der Waals surface area contributed by atoms with Crippen LogP contribution in [0, 0.1) is 5.92 Å². The molecule has 1 heterocycles. The van der Waals surface area contributed by atoms with Gasteiger partial charge in [-0.15, -0.1) is 0 Å². The molecular formula is C14H19ClN2O3. The molecule has 6 heteroatoms. The zero-order valence-corrected chi connectivity index (χ0v) is 12.1. The Kier molecular flexibility index (Phi) is 5.37. The molecule has 0 spiro atoms. The quantitative estimate of drug-likeness (QED) is 0.701. The number of benzene rings is 1. The standard InChI is InChI=1S/C14H19ClN2O3/c1-20-14(19)9-2-3-12(15)10(4-9)5-16-6-11-7-17-8-13(11)18/h2-4,11,13,16-18H,5-8H2,1H3. The summed E-state index contributed by atoms with van der Waals surface area (Å²) < 4.78 is 4.69. The fourth-order valence-electron chi connectivity index (χ4n) is 2.27. The predicted octanol–water partition coefficient (Wildman–Crippen LogP) is 0.796. The van der Waals surface area contributed by atoms with Crippen molar-refractivity contribution in [2.24, 2.45) is 5.92 Å². The van der Waals surface area contributed by atoms with Gasteiger partial charge in [-0.1, -0.05) is 11.6 Å². The van der Waals surface area contributed by atoms with E-state index in [-0.39, 0.29) is 18.0 Å². The van der Waals surface area contributed by atoms with Crippen LogP contribution in [0.3, 0.4) is 0 Å². The van der Waals surface area contributed by atoms with Crippen LogP contribution in [-0.2, 0) is 11.3 Å². The highest BCUT2D eigenvalue weighted by Gasteiger charge is 2.24. The van der Waals surface area contributed by atoms with Crippen molar-refractivity contribution in [1.29, 1.82) is 0 Å². The summed E-state index contributed by atoms with van der Waals surface area (Å²) in [7, 11) is 1.35. The maximum atomic E-state index is 11.5. The summed E-state index contributed by atoms with van der Waals surface area (Å²) in [5, 5.41) is 16.7. The van der Waals surface area contributed by atoms with Gasteiger partial charge < -0.3 is 20.5 Å². The average molecular weight is 299 g/mol. The molecule has 2 rings (SSSR count). The first-order valence-electron chi connectivity index (χ1n) is 6.58. The van der Waals surface area contributed by atoms with E-state index in [0.717, 1.165) is 12.1 Å². The number of methoxy groups -OCH3 is 1. The van der Waals surface area contributed by atoms with Crippen molar-refractivity contribution < 1.29 is 14.6 Å². The number of ether oxygens (including phenoxy) is 1. The molecule has 1 aliphatic rings. The molecule has 0 bridgehead atoms. The van der Waals surface area contributed by atoms with E-state index in [1.807, 2.05) is 0 Å². The first-order valence-corrected chi connectivity index (χ1v) is 6.96. The number of hydrogen-bond acceptors (Lipinski definition) is 5. The zero-order chi connectivity index (χ0) is 14.5. The maximum absolute atomic E-state index is 11.5. The lowest BCUT2D eigenvalue weighted by molar-refractivity contribution is 0.0600. The normalized spacial score (nSPS) is 21.9. The topological polar surface area (TPSA) is 70.6 Å². The van der Waals surface area contributed by atoms with Crippen molar-refractivity contribution in [1.82, 2.24) is 10.6 Å². The van der Waals surface area contributed by atoms with Gasteiger partial charge in [0.15, 0.2) is 0 Å². The number of rotatable bonds is 5. The fourth-order valence-corrected chi connectivity index (χ4v) is 2.46. The summed E-state index contributed by atoms with van der Waals surface area (Å²) >= 11 is 6.11. The second-order valence-electron chi connectivity index (χ2n) is 4.91. The molecule has 5 nitrogen and oxygen atoms in total. The largest absolute Gasteiger partial charge is 0.465 e. The van der Waals surface area contributed by atoms with Crippen LogP contribution in [0.4, 0.5) is 0 Å². The second-order valence-corrected chi connectivity index (χ2v) is 5.32. The fraction of sp³-hybridized carbons (Fsp3) is 0.500. The minimum atomic E-state index is -0.377. The Morgan fingerprint density at radius 2 is 2.35 bits per heavy atom. The van der Waals surface area contributed by atoms with Gasteiger partial charge in [-0.2, -0.15) is 0 Å². The average Bonchev–Trinajstić information content (AvgIpc) is 2.85. The summed E-state index contributed by atoms with van der Waals surface area (Å²) in [6, 6.07) is 5.06. The van der Waals surface area contributed by atoms with Crippen LogP contribution in [0.25, 0.3) is 0 Å². The van der Waals surface area contributed by atoms with Crippen molar-refractivity contribution in [3.05, 3.63) is 34.3 Å². The molecule has 1 aromatic carbocycles. The van der Waals surface area contributed by atoms with E-state index in [1.165, 1.54) is 7.11 Å². The van der Waals surface area contributed by atoms with E-state index in [2.05, 4.69) is 15.4 Å². The van der Waals surface area contributed by atoms with E-state index >= 15 is 0 Å². The van der Waals surface area contributed by atoms with Gasteiger partial charge in [-0.25, -0.2) is 4.79 Å². The van der Waals surface area contributed by atoms with E-state index in [0.29, 0.717) is 30.2 Å². The number of esters is 1. The molecule has 0 saturated carbocycles. The minimum Gasteiger partial charge on any atom is -0.465 e. The highest BCUT2D eigenvalue weighted by Crippen LogP contribution is 2.18. The van der Waals surface area contributed by atoms with Gasteiger partial charge in [0.05, 0.1) is 18.8 Å². The molecule has 0 aromatic heterocycles. The summed E-state index contributed by atoms with van der Waals surface area (Å²) in [6.07, 6.45) is -0.306. The number of carbonyl (C=O) groups is 1. The summed E-state index contributed by atoms with van der Waals surface area (Å²) in [5.41, 5.74) is 1.33. The molecular weight excluding hydrogens is 280 g/mol. The van der Waals surface area contributed by atoms with Crippen molar-refractivity contribution in [2.75, 3.05) is 26.7 Å². The van der Waals surface area contributed by atoms with Crippen LogP contribution in [-0.4, -0.2) is 43.9 Å². The van der Waals surface area contributed by atoms with Crippen LogP contribution in [0.15, 0.2) is 18.2 Å². The van der Waals surface area contributed by atoms with Gasteiger partial charge in [0.25, 0.3) is 0 Å². The molecule has 110 valence electrons. The van der Waals surface area contributed by atoms with Crippen molar-refractivity contribution in [2.45, 2.75) is 12.6 Å². The van der Waals surface area contributed by atoms with Crippen LogP contribution in [0.5, 0.6) is 0 Å². The highest BCUT2D eigenvalue weighted by molar-refractivity contribution is 6.31. The molecule has 3 N–H and O–H groups in total. The number of nitrogens with one attached hydrogen (secondary N) is 2. The van der Waals surface area contributed by atoms with Crippen LogP contribution >= 0.6 is 11.6 Å². The molecule has 1 aliphatic heterocycles. The van der Waals surface area contributed by atoms with Crippen LogP contribution < -0.4 is 10.6 Å². The number of hydrogen-bond donors (Lipinski definition) is 3. The van der Waals surface area contributed by atoms with Gasteiger partial charge in [-0.05, 0) is 23.8 Å². The molecule has 2 unspecified atom stereocenters. The number of aliphatic hydroxyl groups is 1. The molecule has 1 fully saturated rings. The Bertz CT molecular complexity index is 481. The van der Waals surface area contributed by atoms with Crippen LogP contribution in [0.2, 0.25) is 5.02 Å². The lowest BCUT2D eigenvalue weighted by atomic mass is 10.1. The van der Waals surface area contributed by atoms with E-state index in [4.69, 9.17) is 11.6 Å². The Labute approximate surface area is 123 Å². The van der Waals surface area contributed by atoms with Crippen molar-refractivity contribution in [3.8, 4) is 0 Å². The molecule has 0 amide bonds. The number of aliphatic hydroxyl groups excluding tert-OH is 1. The zero-order valence-electron chi connectivity index (χ0n) is 11.4. The van der Waals surface area contributed by atoms with Gasteiger partial charge >= 0.3 is 5.97 Å². The lowest BCUT2D eigenvalue weighted by Gasteiger charge is -2.14. The van der Waals surface area contributed by atoms with Gasteiger partial charge in [-0.3, -0.25) is 0 Å². The van der Waals surface area contributed by atoms with Crippen molar-refractivity contribution in [3.63, 3.8) is 0 Å². The second kappa shape index (κ2) is 7.04. The van der Waals surface area contributed by atoms with Crippen molar-refractivity contribution >= 4 is 17.6 Å². The SMILES string of the molecule is COC(=O)c1ccc(Cl)c(CNCC2CNCC2O)c1. The molecule has 2 atom stereocenters. The Hall–Kier alpha value is -1.14. The molecule has 0 radical (unpaired) electrons. The number of halogens is 1. The predicted molar refractivity (Wildman–Crippen MR) is 76.9 cm³/mol. The molecule has 1 saturated heterocycles. The third kappa shape index (κ3) is 3.70.